The normalized spacial score (nSPS) is 11.3. The standard InChI is InChI=1S/C21H15FN6O2/c1-12-7-14-15(9-18(29)23-19(14)16(22)8-12)21-24-20(26-30-21)17-11-28(27-25-17)10-13-5-3-2-4-6-13/h2-9,11H,10H2,1H3,(H,23,29). The van der Waals surface area contributed by atoms with Crippen LogP contribution in [0.2, 0.25) is 0 Å². The first-order valence-electron chi connectivity index (χ1n) is 9.18. The molecule has 1 N–H and O–H groups in total. The van der Waals surface area contributed by atoms with Crippen LogP contribution in [0.25, 0.3) is 33.9 Å². The second-order valence-electron chi connectivity index (χ2n) is 6.93. The molecule has 9 heteroatoms. The molecule has 0 aliphatic heterocycles. The van der Waals surface area contributed by atoms with E-state index in [0.717, 1.165) is 5.56 Å². The van der Waals surface area contributed by atoms with Gasteiger partial charge in [0.25, 0.3) is 5.89 Å². The fraction of sp³-hybridized carbons (Fsp3) is 0.0952. The maximum atomic E-state index is 14.3. The second kappa shape index (κ2) is 7.03. The topological polar surface area (TPSA) is 102 Å². The van der Waals surface area contributed by atoms with E-state index in [0.29, 0.717) is 28.8 Å². The van der Waals surface area contributed by atoms with Crippen molar-refractivity contribution >= 4 is 10.9 Å². The zero-order valence-corrected chi connectivity index (χ0v) is 15.8. The Morgan fingerprint density at radius 2 is 2.00 bits per heavy atom. The van der Waals surface area contributed by atoms with E-state index in [1.165, 1.54) is 12.1 Å². The van der Waals surface area contributed by atoms with E-state index in [-0.39, 0.29) is 17.2 Å². The van der Waals surface area contributed by atoms with Crippen molar-refractivity contribution in [3.63, 3.8) is 0 Å². The summed E-state index contributed by atoms with van der Waals surface area (Å²) in [6, 6.07) is 14.3. The molecule has 0 radical (unpaired) electrons. The Morgan fingerprint density at radius 3 is 2.83 bits per heavy atom. The van der Waals surface area contributed by atoms with Crippen LogP contribution in [-0.4, -0.2) is 30.1 Å². The Hall–Kier alpha value is -4.14. The molecule has 0 bridgehead atoms. The van der Waals surface area contributed by atoms with Gasteiger partial charge in [-0.15, -0.1) is 5.10 Å². The molecule has 0 amide bonds. The third kappa shape index (κ3) is 3.26. The van der Waals surface area contributed by atoms with Crippen molar-refractivity contribution in [2.75, 3.05) is 0 Å². The molecule has 0 saturated heterocycles. The number of fused-ring (bicyclic) bond motifs is 1. The van der Waals surface area contributed by atoms with Crippen LogP contribution in [0.3, 0.4) is 0 Å². The third-order valence-corrected chi connectivity index (χ3v) is 4.66. The van der Waals surface area contributed by atoms with Crippen LogP contribution in [-0.2, 0) is 6.54 Å². The lowest BCUT2D eigenvalue weighted by Gasteiger charge is -2.04. The van der Waals surface area contributed by atoms with Crippen molar-refractivity contribution in [1.29, 1.82) is 0 Å². The van der Waals surface area contributed by atoms with E-state index in [4.69, 9.17) is 4.52 Å². The molecule has 5 aromatic rings. The van der Waals surface area contributed by atoms with Crippen molar-refractivity contribution in [3.05, 3.63) is 82.0 Å². The first kappa shape index (κ1) is 17.9. The summed E-state index contributed by atoms with van der Waals surface area (Å²) in [5, 5.41) is 12.6. The van der Waals surface area contributed by atoms with Gasteiger partial charge >= 0.3 is 0 Å². The minimum Gasteiger partial charge on any atom is -0.334 e. The van der Waals surface area contributed by atoms with E-state index in [1.807, 2.05) is 30.3 Å². The maximum Gasteiger partial charge on any atom is 0.259 e. The van der Waals surface area contributed by atoms with Crippen LogP contribution in [0.4, 0.5) is 4.39 Å². The predicted molar refractivity (Wildman–Crippen MR) is 107 cm³/mol. The van der Waals surface area contributed by atoms with Crippen molar-refractivity contribution in [2.45, 2.75) is 13.5 Å². The lowest BCUT2D eigenvalue weighted by Crippen LogP contribution is -2.06. The Bertz CT molecular complexity index is 1420. The molecule has 0 aliphatic carbocycles. The van der Waals surface area contributed by atoms with Gasteiger partial charge in [-0.25, -0.2) is 9.07 Å². The van der Waals surface area contributed by atoms with Crippen LogP contribution >= 0.6 is 0 Å². The van der Waals surface area contributed by atoms with Crippen molar-refractivity contribution in [3.8, 4) is 23.0 Å². The van der Waals surface area contributed by atoms with Gasteiger partial charge in [0, 0.05) is 11.5 Å². The summed E-state index contributed by atoms with van der Waals surface area (Å²) >= 11 is 0. The van der Waals surface area contributed by atoms with E-state index < -0.39 is 11.4 Å². The number of aromatic nitrogens is 6. The number of aryl methyl sites for hydroxylation is 1. The Morgan fingerprint density at radius 1 is 1.17 bits per heavy atom. The highest BCUT2D eigenvalue weighted by atomic mass is 19.1. The van der Waals surface area contributed by atoms with Crippen LogP contribution in [0.5, 0.6) is 0 Å². The largest absolute Gasteiger partial charge is 0.334 e. The van der Waals surface area contributed by atoms with Crippen LogP contribution < -0.4 is 5.56 Å². The van der Waals surface area contributed by atoms with Gasteiger partial charge in [0.1, 0.15) is 5.82 Å². The molecule has 0 spiro atoms. The fourth-order valence-electron chi connectivity index (χ4n) is 3.31. The second-order valence-corrected chi connectivity index (χ2v) is 6.93. The molecule has 3 heterocycles. The SMILES string of the molecule is Cc1cc(F)c2[nH]c(=O)cc(-c3nc(-c4cn(Cc5ccccc5)nn4)no3)c2c1. The van der Waals surface area contributed by atoms with Gasteiger partial charge in [0.15, 0.2) is 5.69 Å². The van der Waals surface area contributed by atoms with Crippen LogP contribution in [0.15, 0.2) is 64.0 Å². The fourth-order valence-corrected chi connectivity index (χ4v) is 3.31. The molecule has 30 heavy (non-hydrogen) atoms. The maximum absolute atomic E-state index is 14.3. The number of nitrogens with one attached hydrogen (secondary N) is 1. The summed E-state index contributed by atoms with van der Waals surface area (Å²) in [4.78, 5) is 18.9. The van der Waals surface area contributed by atoms with E-state index in [2.05, 4.69) is 25.4 Å². The van der Waals surface area contributed by atoms with Gasteiger partial charge < -0.3 is 9.51 Å². The van der Waals surface area contributed by atoms with Crippen molar-refractivity contribution < 1.29 is 8.91 Å². The van der Waals surface area contributed by atoms with Crippen molar-refractivity contribution in [2.24, 2.45) is 0 Å². The summed E-state index contributed by atoms with van der Waals surface area (Å²) in [6.45, 7) is 2.32. The number of pyridine rings is 1. The monoisotopic (exact) mass is 402 g/mol. The highest BCUT2D eigenvalue weighted by Crippen LogP contribution is 2.28. The summed E-state index contributed by atoms with van der Waals surface area (Å²) in [7, 11) is 0. The minimum absolute atomic E-state index is 0.0941. The van der Waals surface area contributed by atoms with E-state index in [9.17, 15) is 9.18 Å². The number of halogens is 1. The molecule has 0 atom stereocenters. The van der Waals surface area contributed by atoms with E-state index in [1.54, 1.807) is 23.9 Å². The van der Waals surface area contributed by atoms with Gasteiger partial charge in [-0.3, -0.25) is 4.79 Å². The molecule has 0 fully saturated rings. The summed E-state index contributed by atoms with van der Waals surface area (Å²) < 4.78 is 21.3. The summed E-state index contributed by atoms with van der Waals surface area (Å²) in [5.74, 6) is -0.192. The van der Waals surface area contributed by atoms with Crippen molar-refractivity contribution in [1.82, 2.24) is 30.1 Å². The van der Waals surface area contributed by atoms with Gasteiger partial charge in [0.05, 0.1) is 23.8 Å². The number of nitrogens with zero attached hydrogens (tertiary/aromatic N) is 5. The first-order valence-corrected chi connectivity index (χ1v) is 9.18. The lowest BCUT2D eigenvalue weighted by atomic mass is 10.1. The zero-order chi connectivity index (χ0) is 20.7. The number of H-pyrrole nitrogens is 1. The number of benzene rings is 2. The quantitative estimate of drug-likeness (QED) is 0.495. The zero-order valence-electron chi connectivity index (χ0n) is 15.8. The molecule has 0 saturated carbocycles. The molecule has 148 valence electrons. The first-order chi connectivity index (χ1) is 14.6. The van der Waals surface area contributed by atoms with Gasteiger partial charge in [-0.2, -0.15) is 4.98 Å². The number of rotatable bonds is 4. The van der Waals surface area contributed by atoms with Gasteiger partial charge in [0.2, 0.25) is 11.4 Å². The molecule has 2 aromatic carbocycles. The highest BCUT2D eigenvalue weighted by molar-refractivity contribution is 5.93. The van der Waals surface area contributed by atoms with Gasteiger partial charge in [-0.1, -0.05) is 40.7 Å². The summed E-state index contributed by atoms with van der Waals surface area (Å²) in [5.41, 5.74) is 2.20. The number of hydrogen-bond donors (Lipinski definition) is 1. The average molecular weight is 402 g/mol. The molecular formula is C21H15FN6O2. The minimum atomic E-state index is -0.521. The number of aromatic amines is 1. The molecule has 3 aromatic heterocycles. The smallest absolute Gasteiger partial charge is 0.259 e. The highest BCUT2D eigenvalue weighted by Gasteiger charge is 2.18. The molecule has 0 aliphatic rings. The molecular weight excluding hydrogens is 387 g/mol. The summed E-state index contributed by atoms with van der Waals surface area (Å²) in [6.07, 6.45) is 1.71. The average Bonchev–Trinajstić information content (AvgIpc) is 3.38. The van der Waals surface area contributed by atoms with E-state index >= 15 is 0 Å². The van der Waals surface area contributed by atoms with Crippen LogP contribution in [0, 0.1) is 12.7 Å². The molecule has 8 nitrogen and oxygen atoms in total. The third-order valence-electron chi connectivity index (χ3n) is 4.66. The number of hydrogen-bond acceptors (Lipinski definition) is 6. The Balaban J connectivity index is 1.52. The van der Waals surface area contributed by atoms with Crippen LogP contribution in [0.1, 0.15) is 11.1 Å². The molecule has 5 rings (SSSR count). The molecule has 0 unspecified atom stereocenters. The lowest BCUT2D eigenvalue weighted by molar-refractivity contribution is 0.432. The predicted octanol–water partition coefficient (Wildman–Crippen LogP) is 3.33. The Labute approximate surface area is 169 Å². The Kier molecular flexibility index (Phi) is 4.20. The van der Waals surface area contributed by atoms with Gasteiger partial charge in [-0.05, 0) is 30.2 Å².